The zero-order chi connectivity index (χ0) is 18.9. The van der Waals surface area contributed by atoms with Crippen molar-refractivity contribution in [2.75, 3.05) is 5.75 Å². The molecule has 1 saturated carbocycles. The van der Waals surface area contributed by atoms with Gasteiger partial charge in [-0.2, -0.15) is 5.26 Å². The fraction of sp³-hybridized carbons (Fsp3) is 0.381. The number of carbonyl (C=O) groups is 1. The van der Waals surface area contributed by atoms with Crippen molar-refractivity contribution in [3.8, 4) is 11.9 Å². The molecule has 0 saturated heterocycles. The number of ether oxygens (including phenoxy) is 1. The maximum Gasteiger partial charge on any atom is 0.230 e. The van der Waals surface area contributed by atoms with E-state index in [1.54, 1.807) is 23.9 Å². The molecule has 140 valence electrons. The van der Waals surface area contributed by atoms with E-state index in [1.165, 1.54) is 11.8 Å². The van der Waals surface area contributed by atoms with Crippen molar-refractivity contribution in [2.45, 2.75) is 43.6 Å². The lowest BCUT2D eigenvalue weighted by Gasteiger charge is -2.29. The first-order valence-corrected chi connectivity index (χ1v) is 10.3. The lowest BCUT2D eigenvalue weighted by molar-refractivity contribution is -0.119. The number of carbonyl (C=O) groups excluding carboxylic acids is 1. The lowest BCUT2D eigenvalue weighted by Crippen LogP contribution is -2.40. The third-order valence-corrected chi connectivity index (χ3v) is 5.54. The maximum atomic E-state index is 12.1. The molecule has 1 fully saturated rings. The number of thioether (sulfide) groups is 1. The van der Waals surface area contributed by atoms with Gasteiger partial charge >= 0.3 is 0 Å². The van der Waals surface area contributed by atoms with Crippen LogP contribution in [0.3, 0.4) is 0 Å². The number of rotatable bonds is 7. The number of aromatic nitrogens is 1. The molecular formula is C21H23N3O2S. The molecule has 0 radical (unpaired) electrons. The van der Waals surface area contributed by atoms with Crippen molar-refractivity contribution in [3.63, 3.8) is 0 Å². The summed E-state index contributed by atoms with van der Waals surface area (Å²) in [5.41, 5.74) is 1.77. The summed E-state index contributed by atoms with van der Waals surface area (Å²) in [6.45, 7) is 0. The van der Waals surface area contributed by atoms with Crippen LogP contribution >= 0.6 is 11.8 Å². The van der Waals surface area contributed by atoms with E-state index in [0.717, 1.165) is 31.4 Å². The minimum atomic E-state index is 0.106. The van der Waals surface area contributed by atoms with E-state index in [2.05, 4.69) is 22.4 Å². The van der Waals surface area contributed by atoms with Gasteiger partial charge in [-0.1, -0.05) is 30.3 Å². The lowest BCUT2D eigenvalue weighted by atomic mass is 9.93. The first kappa shape index (κ1) is 19.2. The highest BCUT2D eigenvalue weighted by Crippen LogP contribution is 2.23. The highest BCUT2D eigenvalue weighted by atomic mass is 32.2. The molecule has 1 amide bonds. The van der Waals surface area contributed by atoms with Crippen LogP contribution in [0.15, 0.2) is 48.7 Å². The number of nitrogens with zero attached hydrogens (tertiary/aromatic N) is 2. The second-order valence-electron chi connectivity index (χ2n) is 6.63. The van der Waals surface area contributed by atoms with Crippen molar-refractivity contribution < 1.29 is 9.53 Å². The second kappa shape index (κ2) is 9.98. The first-order chi connectivity index (χ1) is 13.2. The molecular weight excluding hydrogens is 358 g/mol. The molecule has 1 aromatic carbocycles. The van der Waals surface area contributed by atoms with Crippen LogP contribution in [0.2, 0.25) is 0 Å². The Morgan fingerprint density at radius 3 is 2.63 bits per heavy atom. The van der Waals surface area contributed by atoms with E-state index in [4.69, 9.17) is 10.00 Å². The Hall–Kier alpha value is -2.52. The summed E-state index contributed by atoms with van der Waals surface area (Å²) in [6, 6.07) is 15.9. The Morgan fingerprint density at radius 2 is 1.96 bits per heavy atom. The summed E-state index contributed by atoms with van der Waals surface area (Å²) in [7, 11) is 0. The molecule has 0 atom stereocenters. The Balaban J connectivity index is 1.33. The second-order valence-corrected chi connectivity index (χ2v) is 7.62. The van der Waals surface area contributed by atoms with Gasteiger partial charge in [0.2, 0.25) is 11.8 Å². The molecule has 0 bridgehead atoms. The molecule has 0 aliphatic heterocycles. The predicted octanol–water partition coefficient (Wildman–Crippen LogP) is 3.69. The van der Waals surface area contributed by atoms with Crippen LogP contribution in [-0.4, -0.2) is 28.8 Å². The Labute approximate surface area is 164 Å². The number of pyridine rings is 1. The molecule has 5 nitrogen and oxygen atoms in total. The van der Waals surface area contributed by atoms with Crippen LogP contribution < -0.4 is 10.1 Å². The quantitative estimate of drug-likeness (QED) is 0.792. The third-order valence-electron chi connectivity index (χ3n) is 4.54. The normalized spacial score (nSPS) is 19.1. The maximum absolute atomic E-state index is 12.1. The van der Waals surface area contributed by atoms with E-state index in [0.29, 0.717) is 17.2 Å². The minimum Gasteiger partial charge on any atom is -0.474 e. The monoisotopic (exact) mass is 381 g/mol. The summed E-state index contributed by atoms with van der Waals surface area (Å²) >= 11 is 1.64. The fourth-order valence-corrected chi connectivity index (χ4v) is 3.92. The third kappa shape index (κ3) is 6.30. The molecule has 0 unspecified atom stereocenters. The van der Waals surface area contributed by atoms with Crippen molar-refractivity contribution in [3.05, 3.63) is 59.8 Å². The van der Waals surface area contributed by atoms with E-state index >= 15 is 0 Å². The van der Waals surface area contributed by atoms with Gasteiger partial charge in [0.15, 0.2) is 0 Å². The zero-order valence-electron chi connectivity index (χ0n) is 15.1. The van der Waals surface area contributed by atoms with Gasteiger partial charge in [0.05, 0.1) is 11.3 Å². The van der Waals surface area contributed by atoms with Gasteiger partial charge < -0.3 is 10.1 Å². The number of amides is 1. The topological polar surface area (TPSA) is 75.0 Å². The zero-order valence-corrected chi connectivity index (χ0v) is 16.0. The average molecular weight is 382 g/mol. The predicted molar refractivity (Wildman–Crippen MR) is 106 cm³/mol. The van der Waals surface area contributed by atoms with Crippen LogP contribution in [0.5, 0.6) is 5.88 Å². The van der Waals surface area contributed by atoms with Gasteiger partial charge in [0.25, 0.3) is 0 Å². The molecule has 6 heteroatoms. The molecule has 1 N–H and O–H groups in total. The van der Waals surface area contributed by atoms with Gasteiger partial charge in [-0.05, 0) is 37.3 Å². The van der Waals surface area contributed by atoms with Gasteiger partial charge in [-0.3, -0.25) is 4.79 Å². The Morgan fingerprint density at radius 1 is 1.19 bits per heavy atom. The molecule has 1 aliphatic carbocycles. The molecule has 1 aliphatic rings. The van der Waals surface area contributed by atoms with Crippen LogP contribution in [-0.2, 0) is 10.5 Å². The van der Waals surface area contributed by atoms with E-state index in [9.17, 15) is 4.79 Å². The molecule has 2 aromatic rings. The van der Waals surface area contributed by atoms with E-state index in [1.807, 2.05) is 24.3 Å². The standard InChI is InChI=1S/C21H23N3O2S/c22-12-17-6-11-21(23-13-17)26-19-9-7-18(8-10-19)24-20(25)15-27-14-16-4-2-1-3-5-16/h1-6,11,13,18-19H,7-10,14-15H2,(H,24,25). The largest absolute Gasteiger partial charge is 0.474 e. The Kier molecular flexibility index (Phi) is 7.11. The van der Waals surface area contributed by atoms with Crippen LogP contribution in [0.1, 0.15) is 36.8 Å². The first-order valence-electron chi connectivity index (χ1n) is 9.17. The Bertz CT molecular complexity index is 766. The van der Waals surface area contributed by atoms with Crippen LogP contribution in [0.4, 0.5) is 0 Å². The fourth-order valence-electron chi connectivity index (χ4n) is 3.12. The van der Waals surface area contributed by atoms with E-state index in [-0.39, 0.29) is 18.1 Å². The van der Waals surface area contributed by atoms with Gasteiger partial charge in [0.1, 0.15) is 12.2 Å². The number of benzene rings is 1. The van der Waals surface area contributed by atoms with Crippen molar-refractivity contribution >= 4 is 17.7 Å². The number of nitrogens with one attached hydrogen (secondary N) is 1. The number of hydrogen-bond donors (Lipinski definition) is 1. The summed E-state index contributed by atoms with van der Waals surface area (Å²) in [5, 5.41) is 11.9. The molecule has 0 spiro atoms. The molecule has 3 rings (SSSR count). The van der Waals surface area contributed by atoms with Gasteiger partial charge in [0, 0.05) is 24.1 Å². The van der Waals surface area contributed by atoms with Crippen LogP contribution in [0.25, 0.3) is 0 Å². The smallest absolute Gasteiger partial charge is 0.230 e. The van der Waals surface area contributed by atoms with Crippen molar-refractivity contribution in [2.24, 2.45) is 0 Å². The SMILES string of the molecule is N#Cc1ccc(OC2CCC(NC(=O)CSCc3ccccc3)CC2)nc1. The minimum absolute atomic E-state index is 0.106. The van der Waals surface area contributed by atoms with Crippen LogP contribution in [0, 0.1) is 11.3 Å². The average Bonchev–Trinajstić information content (AvgIpc) is 2.71. The van der Waals surface area contributed by atoms with E-state index < -0.39 is 0 Å². The number of nitriles is 1. The molecule has 1 aromatic heterocycles. The highest BCUT2D eigenvalue weighted by Gasteiger charge is 2.23. The summed E-state index contributed by atoms with van der Waals surface area (Å²) in [4.78, 5) is 16.3. The molecule has 27 heavy (non-hydrogen) atoms. The summed E-state index contributed by atoms with van der Waals surface area (Å²) < 4.78 is 5.88. The number of hydrogen-bond acceptors (Lipinski definition) is 5. The van der Waals surface area contributed by atoms with Crippen molar-refractivity contribution in [1.82, 2.24) is 10.3 Å². The molecule has 1 heterocycles. The summed E-state index contributed by atoms with van der Waals surface area (Å²) in [6.07, 6.45) is 5.25. The highest BCUT2D eigenvalue weighted by molar-refractivity contribution is 7.99. The summed E-state index contributed by atoms with van der Waals surface area (Å²) in [5.74, 6) is 2.00. The van der Waals surface area contributed by atoms with Gasteiger partial charge in [-0.15, -0.1) is 11.8 Å². The van der Waals surface area contributed by atoms with Gasteiger partial charge in [-0.25, -0.2) is 4.98 Å². The van der Waals surface area contributed by atoms with Crippen molar-refractivity contribution in [1.29, 1.82) is 5.26 Å².